The van der Waals surface area contributed by atoms with Crippen LogP contribution in [-0.2, 0) is 0 Å². The predicted molar refractivity (Wildman–Crippen MR) is 90.0 cm³/mol. The molecule has 1 N–H and O–H groups in total. The van der Waals surface area contributed by atoms with Gasteiger partial charge in [0.2, 0.25) is 0 Å². The molecule has 2 nitrogen and oxygen atoms in total. The lowest BCUT2D eigenvalue weighted by atomic mass is 9.98. The minimum Gasteiger partial charge on any atom is -0.314 e. The summed E-state index contributed by atoms with van der Waals surface area (Å²) in [7, 11) is 0. The average molecular weight is 335 g/mol. The Morgan fingerprint density at radius 3 is 2.62 bits per heavy atom. The number of halogens is 3. The zero-order valence-electron chi connectivity index (χ0n) is 12.6. The van der Waals surface area contributed by atoms with Crippen LogP contribution in [0.2, 0.25) is 5.02 Å². The van der Waals surface area contributed by atoms with Crippen molar-refractivity contribution in [2.24, 2.45) is 0 Å². The van der Waals surface area contributed by atoms with Crippen molar-refractivity contribution in [1.82, 2.24) is 10.2 Å². The molecule has 1 aromatic carbocycles. The zero-order valence-corrected chi connectivity index (χ0v) is 14.2. The van der Waals surface area contributed by atoms with Crippen LogP contribution in [0.5, 0.6) is 0 Å². The quantitative estimate of drug-likeness (QED) is 0.774. The highest BCUT2D eigenvalue weighted by molar-refractivity contribution is 6.31. The molecular weight excluding hydrogens is 310 g/mol. The first-order valence-corrected chi connectivity index (χ1v) is 8.00. The van der Waals surface area contributed by atoms with E-state index >= 15 is 0 Å². The Kier molecular flexibility index (Phi) is 8.57. The second kappa shape index (κ2) is 9.62. The van der Waals surface area contributed by atoms with Gasteiger partial charge in [-0.2, -0.15) is 0 Å². The normalized spacial score (nSPS) is 17.3. The lowest BCUT2D eigenvalue weighted by molar-refractivity contribution is 0.162. The second-order valence-corrected chi connectivity index (χ2v) is 5.87. The van der Waals surface area contributed by atoms with Crippen LogP contribution in [0.25, 0.3) is 0 Å². The minimum atomic E-state index is -0.258. The molecule has 0 saturated carbocycles. The van der Waals surface area contributed by atoms with Crippen molar-refractivity contribution in [2.75, 3.05) is 26.2 Å². The molecule has 1 saturated heterocycles. The van der Waals surface area contributed by atoms with Gasteiger partial charge in [-0.25, -0.2) is 4.39 Å². The molecule has 1 fully saturated rings. The van der Waals surface area contributed by atoms with Gasteiger partial charge in [0.05, 0.1) is 0 Å². The van der Waals surface area contributed by atoms with Gasteiger partial charge >= 0.3 is 0 Å². The third kappa shape index (κ3) is 5.41. The molecule has 120 valence electrons. The van der Waals surface area contributed by atoms with Crippen molar-refractivity contribution in [3.63, 3.8) is 0 Å². The third-order valence-electron chi connectivity index (χ3n) is 3.99. The number of nitrogens with one attached hydrogen (secondary N) is 1. The Morgan fingerprint density at radius 2 is 2.00 bits per heavy atom. The molecule has 0 bridgehead atoms. The fourth-order valence-electron chi connectivity index (χ4n) is 2.89. The Bertz CT molecular complexity index is 423. The molecule has 1 aliphatic heterocycles. The molecule has 1 heterocycles. The van der Waals surface area contributed by atoms with Gasteiger partial charge in [0.15, 0.2) is 0 Å². The Labute approximate surface area is 138 Å². The Hall–Kier alpha value is -0.350. The number of nitrogens with zero attached hydrogens (tertiary/aromatic N) is 1. The van der Waals surface area contributed by atoms with Crippen molar-refractivity contribution in [1.29, 1.82) is 0 Å². The van der Waals surface area contributed by atoms with Gasteiger partial charge in [-0.3, -0.25) is 4.90 Å². The van der Waals surface area contributed by atoms with Crippen LogP contribution in [0.4, 0.5) is 4.39 Å². The van der Waals surface area contributed by atoms with Crippen molar-refractivity contribution < 1.29 is 4.39 Å². The first-order chi connectivity index (χ1) is 9.72. The summed E-state index contributed by atoms with van der Waals surface area (Å²) in [4.78, 5) is 2.48. The van der Waals surface area contributed by atoms with Crippen LogP contribution in [0.1, 0.15) is 44.2 Å². The summed E-state index contributed by atoms with van der Waals surface area (Å²) in [6.45, 7) is 6.31. The maximum atomic E-state index is 13.3. The molecule has 21 heavy (non-hydrogen) atoms. The van der Waals surface area contributed by atoms with E-state index in [1.54, 1.807) is 0 Å². The summed E-state index contributed by atoms with van der Waals surface area (Å²) >= 11 is 6.27. The molecule has 0 unspecified atom stereocenters. The molecule has 0 radical (unpaired) electrons. The Balaban J connectivity index is 0.00000220. The van der Waals surface area contributed by atoms with Gasteiger partial charge in [-0.1, -0.05) is 43.9 Å². The van der Waals surface area contributed by atoms with E-state index in [0.29, 0.717) is 11.1 Å². The molecule has 0 aliphatic carbocycles. The predicted octanol–water partition coefficient (Wildman–Crippen LogP) is 4.43. The molecule has 0 amide bonds. The zero-order chi connectivity index (χ0) is 14.4. The highest BCUT2D eigenvalue weighted by atomic mass is 35.5. The van der Waals surface area contributed by atoms with E-state index in [9.17, 15) is 4.39 Å². The summed E-state index contributed by atoms with van der Waals surface area (Å²) in [6.07, 6.45) is 4.74. The smallest absolute Gasteiger partial charge is 0.124 e. The van der Waals surface area contributed by atoms with E-state index in [0.717, 1.165) is 38.2 Å². The van der Waals surface area contributed by atoms with Crippen LogP contribution in [0.3, 0.4) is 0 Å². The van der Waals surface area contributed by atoms with Crippen LogP contribution in [0.15, 0.2) is 18.2 Å². The third-order valence-corrected chi connectivity index (χ3v) is 4.32. The number of piperazine rings is 1. The molecule has 1 aliphatic rings. The fourth-order valence-corrected chi connectivity index (χ4v) is 3.18. The van der Waals surface area contributed by atoms with Crippen LogP contribution >= 0.6 is 24.0 Å². The molecule has 0 aromatic heterocycles. The van der Waals surface area contributed by atoms with Crippen molar-refractivity contribution in [3.05, 3.63) is 34.6 Å². The van der Waals surface area contributed by atoms with Gasteiger partial charge in [-0.15, -0.1) is 12.4 Å². The summed E-state index contributed by atoms with van der Waals surface area (Å²) in [5.41, 5.74) is 1.08. The first-order valence-electron chi connectivity index (χ1n) is 7.62. The highest BCUT2D eigenvalue weighted by Gasteiger charge is 2.23. The van der Waals surface area contributed by atoms with Gasteiger partial charge in [0.1, 0.15) is 5.82 Å². The second-order valence-electron chi connectivity index (χ2n) is 5.46. The van der Waals surface area contributed by atoms with Crippen LogP contribution in [-0.4, -0.2) is 31.1 Å². The summed E-state index contributed by atoms with van der Waals surface area (Å²) in [5.74, 6) is -0.258. The largest absolute Gasteiger partial charge is 0.314 e. The van der Waals surface area contributed by atoms with E-state index in [1.165, 1.54) is 31.4 Å². The van der Waals surface area contributed by atoms with Crippen molar-refractivity contribution in [3.8, 4) is 0 Å². The van der Waals surface area contributed by atoms with Crippen molar-refractivity contribution >= 4 is 24.0 Å². The molecule has 5 heteroatoms. The number of unbranched alkanes of at least 4 members (excludes halogenated alkanes) is 2. The number of hydrogen-bond acceptors (Lipinski definition) is 2. The SMILES string of the molecule is CCCCC[C@H](c1ccc(F)cc1Cl)N1CCNCC1.Cl. The van der Waals surface area contributed by atoms with Crippen LogP contribution in [0, 0.1) is 5.82 Å². The maximum Gasteiger partial charge on any atom is 0.124 e. The van der Waals surface area contributed by atoms with E-state index in [2.05, 4.69) is 17.1 Å². The Morgan fingerprint density at radius 1 is 1.29 bits per heavy atom. The number of benzene rings is 1. The maximum absolute atomic E-state index is 13.3. The average Bonchev–Trinajstić information content (AvgIpc) is 2.46. The monoisotopic (exact) mass is 334 g/mol. The van der Waals surface area contributed by atoms with E-state index < -0.39 is 0 Å². The molecule has 2 rings (SSSR count). The summed E-state index contributed by atoms with van der Waals surface area (Å²) < 4.78 is 13.3. The summed E-state index contributed by atoms with van der Waals surface area (Å²) in [5, 5.41) is 3.94. The standard InChI is InChI=1S/C16H24ClFN2.ClH/c1-2-3-4-5-16(20-10-8-19-9-11-20)14-7-6-13(18)12-15(14)17;/h6-7,12,16,19H,2-5,8-11H2,1H3;1H/t16-;/m1./s1. The minimum absolute atomic E-state index is 0. The van der Waals surface area contributed by atoms with Gasteiger partial charge in [-0.05, 0) is 24.1 Å². The molecule has 1 atom stereocenters. The fraction of sp³-hybridized carbons (Fsp3) is 0.625. The topological polar surface area (TPSA) is 15.3 Å². The van der Waals surface area contributed by atoms with E-state index in [-0.39, 0.29) is 18.2 Å². The number of rotatable bonds is 6. The highest BCUT2D eigenvalue weighted by Crippen LogP contribution is 2.32. The van der Waals surface area contributed by atoms with Gasteiger partial charge in [0.25, 0.3) is 0 Å². The van der Waals surface area contributed by atoms with E-state index in [4.69, 9.17) is 11.6 Å². The molecule has 1 aromatic rings. The van der Waals surface area contributed by atoms with Gasteiger partial charge in [0, 0.05) is 37.2 Å². The summed E-state index contributed by atoms with van der Waals surface area (Å²) in [6, 6.07) is 5.13. The lowest BCUT2D eigenvalue weighted by Gasteiger charge is -2.35. The van der Waals surface area contributed by atoms with Crippen LogP contribution < -0.4 is 5.32 Å². The molecule has 0 spiro atoms. The van der Waals surface area contributed by atoms with Gasteiger partial charge < -0.3 is 5.32 Å². The van der Waals surface area contributed by atoms with E-state index in [1.807, 2.05) is 6.07 Å². The first kappa shape index (κ1) is 18.7. The van der Waals surface area contributed by atoms with Crippen molar-refractivity contribution in [2.45, 2.75) is 38.6 Å². The molecular formula is C16H25Cl2FN2. The lowest BCUT2D eigenvalue weighted by Crippen LogP contribution is -2.45. The number of hydrogen-bond donors (Lipinski definition) is 1.